The quantitative estimate of drug-likeness (QED) is 0.866. The first-order valence-electron chi connectivity index (χ1n) is 6.57. The molecule has 2 rings (SSSR count). The Morgan fingerprint density at radius 2 is 2.17 bits per heavy atom. The van der Waals surface area contributed by atoms with Gasteiger partial charge in [-0.2, -0.15) is 0 Å². The Kier molecular flexibility index (Phi) is 4.12. The molecule has 1 nitrogen and oxygen atoms in total. The maximum atomic E-state index is 13.3. The summed E-state index contributed by atoms with van der Waals surface area (Å²) in [5, 5.41) is 0. The van der Waals surface area contributed by atoms with Crippen molar-refractivity contribution in [3.8, 4) is 0 Å². The van der Waals surface area contributed by atoms with Gasteiger partial charge in [-0.25, -0.2) is 4.39 Å². The molecule has 1 saturated carbocycles. The third kappa shape index (κ3) is 3.33. The van der Waals surface area contributed by atoms with Gasteiger partial charge in [-0.3, -0.25) is 0 Å². The molecule has 2 N–H and O–H groups in total. The Hall–Kier alpha value is -0.410. The molecule has 0 radical (unpaired) electrons. The lowest BCUT2D eigenvalue weighted by atomic mass is 9.68. The second-order valence-electron chi connectivity index (χ2n) is 6.27. The summed E-state index contributed by atoms with van der Waals surface area (Å²) in [6.45, 7) is 4.60. The highest BCUT2D eigenvalue weighted by Gasteiger charge is 2.33. The van der Waals surface area contributed by atoms with E-state index in [0.717, 1.165) is 29.3 Å². The maximum absolute atomic E-state index is 13.3. The van der Waals surface area contributed by atoms with E-state index in [-0.39, 0.29) is 11.9 Å². The highest BCUT2D eigenvalue weighted by Crippen LogP contribution is 2.40. The summed E-state index contributed by atoms with van der Waals surface area (Å²) in [7, 11) is 0. The van der Waals surface area contributed by atoms with Crippen molar-refractivity contribution in [1.29, 1.82) is 0 Å². The molecular formula is C15H21BrFN. The van der Waals surface area contributed by atoms with Crippen LogP contribution in [0.25, 0.3) is 0 Å². The van der Waals surface area contributed by atoms with Crippen LogP contribution in [0.2, 0.25) is 0 Å². The molecule has 1 aromatic carbocycles. The highest BCUT2D eigenvalue weighted by molar-refractivity contribution is 9.10. The van der Waals surface area contributed by atoms with Crippen LogP contribution in [0.3, 0.4) is 0 Å². The molecule has 1 fully saturated rings. The zero-order valence-corrected chi connectivity index (χ0v) is 12.6. The van der Waals surface area contributed by atoms with E-state index < -0.39 is 0 Å². The predicted molar refractivity (Wildman–Crippen MR) is 76.9 cm³/mol. The molecule has 0 aliphatic heterocycles. The Balaban J connectivity index is 2.14. The molecule has 1 aliphatic carbocycles. The third-order valence-electron chi connectivity index (χ3n) is 4.06. The average molecular weight is 314 g/mol. The number of nitrogens with two attached hydrogens (primary N) is 1. The second kappa shape index (κ2) is 5.30. The molecular weight excluding hydrogens is 293 g/mol. The van der Waals surface area contributed by atoms with Gasteiger partial charge in [-0.15, -0.1) is 0 Å². The van der Waals surface area contributed by atoms with Crippen molar-refractivity contribution in [2.45, 2.75) is 45.6 Å². The standard InChI is InChI=1S/C15H21BrFN/c1-15(2)6-5-14(18)11(9-15)7-10-8-12(17)3-4-13(10)16/h3-4,8,11,14H,5-7,9,18H2,1-2H3. The van der Waals surface area contributed by atoms with E-state index in [2.05, 4.69) is 29.8 Å². The van der Waals surface area contributed by atoms with E-state index in [4.69, 9.17) is 5.73 Å². The van der Waals surface area contributed by atoms with Gasteiger partial charge < -0.3 is 5.73 Å². The molecule has 2 atom stereocenters. The van der Waals surface area contributed by atoms with Crippen LogP contribution in [0.4, 0.5) is 4.39 Å². The number of rotatable bonds is 2. The van der Waals surface area contributed by atoms with Gasteiger partial charge in [-0.1, -0.05) is 29.8 Å². The first-order valence-corrected chi connectivity index (χ1v) is 7.36. The summed E-state index contributed by atoms with van der Waals surface area (Å²) in [6, 6.07) is 5.13. The van der Waals surface area contributed by atoms with E-state index in [0.29, 0.717) is 11.3 Å². The van der Waals surface area contributed by atoms with Gasteiger partial charge in [0.1, 0.15) is 5.82 Å². The Morgan fingerprint density at radius 1 is 1.44 bits per heavy atom. The summed E-state index contributed by atoms with van der Waals surface area (Å²) < 4.78 is 14.3. The molecule has 1 aliphatic rings. The van der Waals surface area contributed by atoms with Crippen molar-refractivity contribution in [3.63, 3.8) is 0 Å². The summed E-state index contributed by atoms with van der Waals surface area (Å²) in [5.74, 6) is 0.281. The molecule has 3 heteroatoms. The number of hydrogen-bond donors (Lipinski definition) is 1. The van der Waals surface area contributed by atoms with Crippen molar-refractivity contribution in [3.05, 3.63) is 34.1 Å². The van der Waals surface area contributed by atoms with Gasteiger partial charge in [-0.05, 0) is 60.8 Å². The normalized spacial score (nSPS) is 27.2. The van der Waals surface area contributed by atoms with Crippen molar-refractivity contribution in [2.75, 3.05) is 0 Å². The van der Waals surface area contributed by atoms with Gasteiger partial charge in [0.05, 0.1) is 0 Å². The van der Waals surface area contributed by atoms with Gasteiger partial charge in [0.15, 0.2) is 0 Å². The third-order valence-corrected chi connectivity index (χ3v) is 4.84. The van der Waals surface area contributed by atoms with Crippen LogP contribution in [0, 0.1) is 17.2 Å². The molecule has 2 unspecified atom stereocenters. The largest absolute Gasteiger partial charge is 0.327 e. The molecule has 0 heterocycles. The lowest BCUT2D eigenvalue weighted by Gasteiger charge is -2.39. The maximum Gasteiger partial charge on any atom is 0.123 e. The molecule has 18 heavy (non-hydrogen) atoms. The van der Waals surface area contributed by atoms with E-state index in [1.165, 1.54) is 12.5 Å². The molecule has 0 aromatic heterocycles. The lowest BCUT2D eigenvalue weighted by molar-refractivity contribution is 0.157. The summed E-state index contributed by atoms with van der Waals surface area (Å²) in [5.41, 5.74) is 7.62. The fraction of sp³-hybridized carbons (Fsp3) is 0.600. The van der Waals surface area contributed by atoms with Crippen LogP contribution in [-0.4, -0.2) is 6.04 Å². The van der Waals surface area contributed by atoms with Gasteiger partial charge in [0, 0.05) is 10.5 Å². The molecule has 0 spiro atoms. The van der Waals surface area contributed by atoms with Crippen molar-refractivity contribution < 1.29 is 4.39 Å². The molecule has 0 saturated heterocycles. The van der Waals surface area contributed by atoms with Crippen LogP contribution in [0.15, 0.2) is 22.7 Å². The SMILES string of the molecule is CC1(C)CCC(N)C(Cc2cc(F)ccc2Br)C1. The van der Waals surface area contributed by atoms with Crippen LogP contribution in [0.5, 0.6) is 0 Å². The first kappa shape index (κ1) is 14.0. The first-order chi connectivity index (χ1) is 8.37. The van der Waals surface area contributed by atoms with Crippen LogP contribution >= 0.6 is 15.9 Å². The second-order valence-corrected chi connectivity index (χ2v) is 7.13. The smallest absolute Gasteiger partial charge is 0.123 e. The van der Waals surface area contributed by atoms with Crippen molar-refractivity contribution >= 4 is 15.9 Å². The number of halogens is 2. The van der Waals surface area contributed by atoms with Crippen LogP contribution < -0.4 is 5.73 Å². The zero-order chi connectivity index (χ0) is 13.3. The predicted octanol–water partition coefficient (Wildman–Crippen LogP) is 4.28. The van der Waals surface area contributed by atoms with Crippen LogP contribution in [0.1, 0.15) is 38.7 Å². The molecule has 0 amide bonds. The highest BCUT2D eigenvalue weighted by atomic mass is 79.9. The van der Waals surface area contributed by atoms with Crippen molar-refractivity contribution in [1.82, 2.24) is 0 Å². The zero-order valence-electron chi connectivity index (χ0n) is 11.0. The Bertz CT molecular complexity index is 431. The minimum Gasteiger partial charge on any atom is -0.327 e. The summed E-state index contributed by atoms with van der Waals surface area (Å²) in [6.07, 6.45) is 4.25. The number of hydrogen-bond acceptors (Lipinski definition) is 1. The lowest BCUT2D eigenvalue weighted by Crippen LogP contribution is -2.40. The monoisotopic (exact) mass is 313 g/mol. The Labute approximate surface area is 117 Å². The van der Waals surface area contributed by atoms with E-state index in [1.54, 1.807) is 12.1 Å². The fourth-order valence-corrected chi connectivity index (χ4v) is 3.37. The molecule has 1 aromatic rings. The molecule has 100 valence electrons. The van der Waals surface area contributed by atoms with Gasteiger partial charge in [0.2, 0.25) is 0 Å². The van der Waals surface area contributed by atoms with Crippen molar-refractivity contribution in [2.24, 2.45) is 17.1 Å². The number of benzene rings is 1. The van der Waals surface area contributed by atoms with Gasteiger partial charge in [0.25, 0.3) is 0 Å². The van der Waals surface area contributed by atoms with Gasteiger partial charge >= 0.3 is 0 Å². The fourth-order valence-electron chi connectivity index (χ4n) is 2.96. The minimum absolute atomic E-state index is 0.170. The minimum atomic E-state index is -0.170. The summed E-state index contributed by atoms with van der Waals surface area (Å²) in [4.78, 5) is 0. The van der Waals surface area contributed by atoms with Crippen LogP contribution in [-0.2, 0) is 6.42 Å². The Morgan fingerprint density at radius 3 is 2.89 bits per heavy atom. The molecule has 0 bridgehead atoms. The summed E-state index contributed by atoms with van der Waals surface area (Å²) >= 11 is 3.50. The topological polar surface area (TPSA) is 26.0 Å². The van der Waals surface area contributed by atoms with E-state index in [1.807, 2.05) is 0 Å². The van der Waals surface area contributed by atoms with E-state index >= 15 is 0 Å². The average Bonchev–Trinajstić information content (AvgIpc) is 2.28. The van der Waals surface area contributed by atoms with E-state index in [9.17, 15) is 4.39 Å².